The molecule has 0 fully saturated rings. The first-order chi connectivity index (χ1) is 16.6. The first-order valence-electron chi connectivity index (χ1n) is 11.1. The number of hydrogen-bond acceptors (Lipinski definition) is 7. The number of hydrogen-bond donors (Lipinski definition) is 1. The molecule has 0 saturated carbocycles. The predicted molar refractivity (Wildman–Crippen MR) is 123 cm³/mol. The molecule has 0 aliphatic rings. The number of ether oxygens (including phenoxy) is 2. The summed E-state index contributed by atoms with van der Waals surface area (Å²) in [6.07, 6.45) is -3.45. The molecule has 0 saturated heterocycles. The molecular weight excluding hydrogens is 467 g/mol. The van der Waals surface area contributed by atoms with Gasteiger partial charge in [-0.3, -0.25) is 9.69 Å². The van der Waals surface area contributed by atoms with E-state index in [2.05, 4.69) is 4.74 Å². The Balaban J connectivity index is 2.15. The van der Waals surface area contributed by atoms with Gasteiger partial charge in [0.1, 0.15) is 17.1 Å². The number of methoxy groups -OCH3 is 1. The Labute approximate surface area is 199 Å². The van der Waals surface area contributed by atoms with Gasteiger partial charge in [-0.05, 0) is 62.3 Å². The lowest BCUT2D eigenvalue weighted by atomic mass is 10.1. The quantitative estimate of drug-likeness (QED) is 0.382. The standard InChI is InChI=1S/C25H26F3NO6/c1-4-12-29(13-5-2)14-18-19(30)11-10-17-20(31)22(23(25(26,27)28)35-21(17)18)34-16-8-6-15(7-9-16)24(32)33-3/h6-11,30H,4-5,12-14H2,1-3H3. The molecule has 10 heteroatoms. The van der Waals surface area contributed by atoms with Crippen LogP contribution in [0.1, 0.15) is 48.4 Å². The largest absolute Gasteiger partial charge is 0.507 e. The first-order valence-corrected chi connectivity index (χ1v) is 11.1. The first kappa shape index (κ1) is 26.1. The van der Waals surface area contributed by atoms with E-state index in [0.29, 0.717) is 13.1 Å². The fourth-order valence-electron chi connectivity index (χ4n) is 3.74. The van der Waals surface area contributed by atoms with Crippen molar-refractivity contribution >= 4 is 16.9 Å². The van der Waals surface area contributed by atoms with Gasteiger partial charge in [-0.25, -0.2) is 4.79 Å². The Kier molecular flexibility index (Phi) is 8.06. The zero-order valence-electron chi connectivity index (χ0n) is 19.6. The minimum atomic E-state index is -5.05. The van der Waals surface area contributed by atoms with Crippen LogP contribution in [0.4, 0.5) is 13.2 Å². The van der Waals surface area contributed by atoms with Crippen LogP contribution in [0, 0.1) is 0 Å². The van der Waals surface area contributed by atoms with E-state index in [0.717, 1.165) is 12.8 Å². The van der Waals surface area contributed by atoms with Gasteiger partial charge in [0, 0.05) is 6.54 Å². The van der Waals surface area contributed by atoms with Crippen LogP contribution in [0.25, 0.3) is 11.0 Å². The van der Waals surface area contributed by atoms with Crippen molar-refractivity contribution in [2.45, 2.75) is 39.4 Å². The van der Waals surface area contributed by atoms with Gasteiger partial charge >= 0.3 is 12.1 Å². The molecule has 7 nitrogen and oxygen atoms in total. The summed E-state index contributed by atoms with van der Waals surface area (Å²) in [4.78, 5) is 26.7. The highest BCUT2D eigenvalue weighted by molar-refractivity contribution is 5.89. The molecule has 2 aromatic carbocycles. The number of benzene rings is 2. The number of rotatable bonds is 9. The van der Waals surface area contributed by atoms with Crippen LogP contribution in [0.2, 0.25) is 0 Å². The SMILES string of the molecule is CCCN(CCC)Cc1c(O)ccc2c(=O)c(Oc3ccc(C(=O)OC)cc3)c(C(F)(F)F)oc12. The van der Waals surface area contributed by atoms with Crippen LogP contribution in [-0.4, -0.2) is 36.2 Å². The van der Waals surface area contributed by atoms with E-state index in [1.165, 1.54) is 43.5 Å². The maximum Gasteiger partial charge on any atom is 0.453 e. The van der Waals surface area contributed by atoms with Gasteiger partial charge in [0.15, 0.2) is 0 Å². The smallest absolute Gasteiger partial charge is 0.453 e. The van der Waals surface area contributed by atoms with Crippen molar-refractivity contribution in [3.05, 3.63) is 63.5 Å². The molecule has 1 heterocycles. The van der Waals surface area contributed by atoms with Gasteiger partial charge in [0.05, 0.1) is 23.6 Å². The topological polar surface area (TPSA) is 89.2 Å². The Hall–Kier alpha value is -3.53. The molecular formula is C25H26F3NO6. The summed E-state index contributed by atoms with van der Waals surface area (Å²) in [5.74, 6) is -3.66. The lowest BCUT2D eigenvalue weighted by Crippen LogP contribution is -2.25. The number of halogens is 3. The summed E-state index contributed by atoms with van der Waals surface area (Å²) in [5, 5.41) is 10.3. The maximum atomic E-state index is 14.0. The van der Waals surface area contributed by atoms with E-state index >= 15 is 0 Å². The molecule has 3 aromatic rings. The number of alkyl halides is 3. The second-order valence-electron chi connectivity index (χ2n) is 7.92. The third-order valence-corrected chi connectivity index (χ3v) is 5.31. The third kappa shape index (κ3) is 5.76. The molecule has 0 amide bonds. The maximum absolute atomic E-state index is 14.0. The van der Waals surface area contributed by atoms with E-state index in [-0.39, 0.29) is 40.1 Å². The van der Waals surface area contributed by atoms with Crippen LogP contribution in [0.5, 0.6) is 17.2 Å². The third-order valence-electron chi connectivity index (χ3n) is 5.31. The summed E-state index contributed by atoms with van der Waals surface area (Å²) in [7, 11) is 1.19. The van der Waals surface area contributed by atoms with E-state index in [9.17, 15) is 27.9 Å². The van der Waals surface area contributed by atoms with Crippen molar-refractivity contribution in [2.24, 2.45) is 0 Å². The number of nitrogens with zero attached hydrogens (tertiary/aromatic N) is 1. The minimum Gasteiger partial charge on any atom is -0.507 e. The second kappa shape index (κ2) is 10.8. The van der Waals surface area contributed by atoms with Gasteiger partial charge in [0.25, 0.3) is 5.76 Å². The highest BCUT2D eigenvalue weighted by Crippen LogP contribution is 2.40. The Bertz CT molecular complexity index is 1250. The second-order valence-corrected chi connectivity index (χ2v) is 7.92. The molecule has 0 bridgehead atoms. The fraction of sp³-hybridized carbons (Fsp3) is 0.360. The number of carbonyl (C=O) groups excluding carboxylic acids is 1. The van der Waals surface area contributed by atoms with Crippen molar-refractivity contribution in [3.8, 4) is 17.2 Å². The summed E-state index contributed by atoms with van der Waals surface area (Å²) < 4.78 is 57.0. The van der Waals surface area contributed by atoms with Gasteiger partial charge in [0.2, 0.25) is 11.2 Å². The van der Waals surface area contributed by atoms with Gasteiger partial charge < -0.3 is 19.0 Å². The van der Waals surface area contributed by atoms with Crippen LogP contribution in [-0.2, 0) is 17.5 Å². The van der Waals surface area contributed by atoms with Crippen molar-refractivity contribution in [3.63, 3.8) is 0 Å². The number of aromatic hydroxyl groups is 1. The molecule has 1 N–H and O–H groups in total. The summed E-state index contributed by atoms with van der Waals surface area (Å²) in [6, 6.07) is 7.54. The molecule has 0 aliphatic heterocycles. The van der Waals surface area contributed by atoms with E-state index < -0.39 is 29.1 Å². The molecule has 3 rings (SSSR count). The summed E-state index contributed by atoms with van der Waals surface area (Å²) in [5.41, 5.74) is -1.12. The van der Waals surface area contributed by atoms with E-state index in [4.69, 9.17) is 9.15 Å². The Morgan fingerprint density at radius 2 is 1.69 bits per heavy atom. The summed E-state index contributed by atoms with van der Waals surface area (Å²) >= 11 is 0. The lowest BCUT2D eigenvalue weighted by molar-refractivity contribution is -0.154. The molecule has 35 heavy (non-hydrogen) atoms. The molecule has 188 valence electrons. The number of esters is 1. The Morgan fingerprint density at radius 1 is 1.06 bits per heavy atom. The van der Waals surface area contributed by atoms with Crippen LogP contribution in [0.15, 0.2) is 45.6 Å². The number of carbonyl (C=O) groups is 1. The lowest BCUT2D eigenvalue weighted by Gasteiger charge is -2.22. The van der Waals surface area contributed by atoms with Crippen LogP contribution in [0.3, 0.4) is 0 Å². The number of fused-ring (bicyclic) bond motifs is 1. The monoisotopic (exact) mass is 493 g/mol. The minimum absolute atomic E-state index is 0.0981. The van der Waals surface area contributed by atoms with Crippen LogP contribution >= 0.6 is 0 Å². The van der Waals surface area contributed by atoms with Gasteiger partial charge in [-0.2, -0.15) is 13.2 Å². The normalized spacial score (nSPS) is 11.7. The zero-order valence-corrected chi connectivity index (χ0v) is 19.6. The van der Waals surface area contributed by atoms with Gasteiger partial charge in [-0.1, -0.05) is 13.8 Å². The predicted octanol–water partition coefficient (Wildman–Crippen LogP) is 5.72. The molecule has 0 radical (unpaired) electrons. The molecule has 0 aliphatic carbocycles. The molecule has 0 unspecified atom stereocenters. The van der Waals surface area contributed by atoms with Crippen molar-refractivity contribution in [1.82, 2.24) is 4.90 Å². The van der Waals surface area contributed by atoms with Crippen molar-refractivity contribution < 1.29 is 37.0 Å². The average Bonchev–Trinajstić information content (AvgIpc) is 2.82. The molecule has 0 atom stereocenters. The van der Waals surface area contributed by atoms with E-state index in [1.54, 1.807) is 0 Å². The zero-order chi connectivity index (χ0) is 25.8. The van der Waals surface area contributed by atoms with Gasteiger partial charge in [-0.15, -0.1) is 0 Å². The van der Waals surface area contributed by atoms with Crippen molar-refractivity contribution in [2.75, 3.05) is 20.2 Å². The molecule has 0 spiro atoms. The molecule has 1 aromatic heterocycles. The average molecular weight is 493 g/mol. The Morgan fingerprint density at radius 3 is 2.23 bits per heavy atom. The summed E-state index contributed by atoms with van der Waals surface area (Å²) in [6.45, 7) is 5.36. The highest BCUT2D eigenvalue weighted by Gasteiger charge is 2.41. The van der Waals surface area contributed by atoms with Crippen molar-refractivity contribution in [1.29, 1.82) is 0 Å². The van der Waals surface area contributed by atoms with E-state index in [1.807, 2.05) is 18.7 Å². The highest BCUT2D eigenvalue weighted by atomic mass is 19.4. The number of phenols is 1. The fourth-order valence-corrected chi connectivity index (χ4v) is 3.74. The number of phenolic OH excluding ortho intramolecular Hbond substituents is 1. The van der Waals surface area contributed by atoms with Crippen LogP contribution < -0.4 is 10.2 Å².